The van der Waals surface area contributed by atoms with Gasteiger partial charge in [-0.2, -0.15) is 4.31 Å². The third-order valence-corrected chi connectivity index (χ3v) is 3.94. The van der Waals surface area contributed by atoms with E-state index in [4.69, 9.17) is 11.5 Å². The van der Waals surface area contributed by atoms with Crippen LogP contribution in [0, 0.1) is 5.82 Å². The minimum absolute atomic E-state index is 0.388. The van der Waals surface area contributed by atoms with E-state index in [9.17, 15) is 17.6 Å². The fourth-order valence-electron chi connectivity index (χ4n) is 1.21. The largest absolute Gasteiger partial charge is 0.395 e. The van der Waals surface area contributed by atoms with Gasteiger partial charge in [0, 0.05) is 7.05 Å². The van der Waals surface area contributed by atoms with Crippen LogP contribution in [0.15, 0.2) is 23.1 Å². The van der Waals surface area contributed by atoms with Gasteiger partial charge in [0.1, 0.15) is 10.7 Å². The minimum Gasteiger partial charge on any atom is -0.395 e. The van der Waals surface area contributed by atoms with Crippen LogP contribution in [0.25, 0.3) is 0 Å². The van der Waals surface area contributed by atoms with Gasteiger partial charge >= 0.3 is 0 Å². The number of benzene rings is 1. The summed E-state index contributed by atoms with van der Waals surface area (Å²) in [6.07, 6.45) is 0. The molecule has 0 radical (unpaired) electrons. The van der Waals surface area contributed by atoms with Crippen molar-refractivity contribution in [1.29, 1.82) is 0 Å². The van der Waals surface area contributed by atoms with Crippen LogP contribution in [0.1, 0.15) is 0 Å². The second-order valence-corrected chi connectivity index (χ2v) is 5.39. The van der Waals surface area contributed by atoms with Crippen LogP contribution < -0.4 is 11.5 Å². The zero-order chi connectivity index (χ0) is 13.2. The van der Waals surface area contributed by atoms with Gasteiger partial charge in [0.25, 0.3) is 0 Å². The molecule has 1 rings (SSSR count). The van der Waals surface area contributed by atoms with Gasteiger partial charge in [-0.15, -0.1) is 0 Å². The quantitative estimate of drug-likeness (QED) is 0.713. The topological polar surface area (TPSA) is 106 Å². The number of nitrogens with two attached hydrogens (primary N) is 2. The third kappa shape index (κ3) is 2.71. The van der Waals surface area contributed by atoms with Crippen LogP contribution in [0.5, 0.6) is 0 Å². The highest BCUT2D eigenvalue weighted by molar-refractivity contribution is 7.89. The standard InChI is InChI=1S/C9H12FN3O3S/c1-13(5-8(11)14)17(15,16)7-4-2-3-6(10)9(7)12/h2-4H,5,12H2,1H3,(H2,11,14). The number of halogens is 1. The molecule has 0 aliphatic carbocycles. The van der Waals surface area contributed by atoms with Crippen molar-refractivity contribution in [2.45, 2.75) is 4.90 Å². The monoisotopic (exact) mass is 261 g/mol. The van der Waals surface area contributed by atoms with Crippen molar-refractivity contribution in [3.8, 4) is 0 Å². The molecule has 8 heteroatoms. The van der Waals surface area contributed by atoms with Gasteiger partial charge in [0.05, 0.1) is 12.2 Å². The van der Waals surface area contributed by atoms with Crippen LogP contribution >= 0.6 is 0 Å². The Balaban J connectivity index is 3.22. The van der Waals surface area contributed by atoms with E-state index in [1.54, 1.807) is 0 Å². The SMILES string of the molecule is CN(CC(N)=O)S(=O)(=O)c1cccc(F)c1N. The second-order valence-electron chi connectivity index (χ2n) is 3.38. The summed E-state index contributed by atoms with van der Waals surface area (Å²) in [4.78, 5) is 10.3. The lowest BCUT2D eigenvalue weighted by Crippen LogP contribution is -2.35. The summed E-state index contributed by atoms with van der Waals surface area (Å²) in [7, 11) is -2.86. The number of anilines is 1. The Morgan fingerprint density at radius 1 is 1.47 bits per heavy atom. The molecule has 0 atom stereocenters. The first-order valence-electron chi connectivity index (χ1n) is 4.55. The van der Waals surface area contributed by atoms with Crippen LogP contribution in [0.3, 0.4) is 0 Å². The zero-order valence-corrected chi connectivity index (χ0v) is 9.87. The van der Waals surface area contributed by atoms with E-state index >= 15 is 0 Å². The molecule has 1 aromatic carbocycles. The summed E-state index contributed by atoms with van der Waals surface area (Å²) >= 11 is 0. The van der Waals surface area contributed by atoms with Crippen molar-refractivity contribution in [1.82, 2.24) is 4.31 Å². The molecule has 0 bridgehead atoms. The van der Waals surface area contributed by atoms with E-state index in [1.807, 2.05) is 0 Å². The van der Waals surface area contributed by atoms with Crippen LogP contribution in [0.2, 0.25) is 0 Å². The number of likely N-dealkylation sites (N-methyl/N-ethyl adjacent to an activating group) is 1. The van der Waals surface area contributed by atoms with Crippen molar-refractivity contribution < 1.29 is 17.6 Å². The number of hydrogen-bond donors (Lipinski definition) is 2. The molecule has 4 N–H and O–H groups in total. The van der Waals surface area contributed by atoms with Crippen LogP contribution in [-0.2, 0) is 14.8 Å². The lowest BCUT2D eigenvalue weighted by atomic mass is 10.3. The number of primary amides is 1. The fourth-order valence-corrected chi connectivity index (χ4v) is 2.47. The molecule has 1 amide bonds. The van der Waals surface area contributed by atoms with Gasteiger partial charge in [-0.3, -0.25) is 4.79 Å². The third-order valence-electron chi connectivity index (χ3n) is 2.08. The molecular weight excluding hydrogens is 249 g/mol. The summed E-state index contributed by atoms with van der Waals surface area (Å²) in [6.45, 7) is -0.502. The Kier molecular flexibility index (Phi) is 3.69. The van der Waals surface area contributed by atoms with E-state index < -0.39 is 34.0 Å². The second kappa shape index (κ2) is 4.68. The number of hydrogen-bond acceptors (Lipinski definition) is 4. The molecule has 6 nitrogen and oxygen atoms in total. The van der Waals surface area contributed by atoms with Crippen LogP contribution in [-0.4, -0.2) is 32.2 Å². The molecule has 0 spiro atoms. The summed E-state index contributed by atoms with van der Waals surface area (Å²) in [6, 6.07) is 3.42. The van der Waals surface area contributed by atoms with E-state index in [0.717, 1.165) is 19.2 Å². The average molecular weight is 261 g/mol. The molecular formula is C9H12FN3O3S. The van der Waals surface area contributed by atoms with Gasteiger partial charge in [-0.25, -0.2) is 12.8 Å². The number of carbonyl (C=O) groups is 1. The molecule has 0 saturated carbocycles. The Hall–Kier alpha value is -1.67. The lowest BCUT2D eigenvalue weighted by molar-refractivity contribution is -0.118. The number of rotatable bonds is 4. The molecule has 94 valence electrons. The molecule has 1 aromatic rings. The minimum atomic E-state index is -4.02. The van der Waals surface area contributed by atoms with E-state index in [-0.39, 0.29) is 4.90 Å². The van der Waals surface area contributed by atoms with Gasteiger partial charge in [-0.05, 0) is 12.1 Å². The Labute approximate surface area is 98.1 Å². The maximum atomic E-state index is 13.1. The van der Waals surface area contributed by atoms with Crippen molar-refractivity contribution in [2.24, 2.45) is 5.73 Å². The maximum Gasteiger partial charge on any atom is 0.245 e. The highest BCUT2D eigenvalue weighted by atomic mass is 32.2. The first-order valence-corrected chi connectivity index (χ1v) is 5.99. The highest BCUT2D eigenvalue weighted by Gasteiger charge is 2.25. The fraction of sp³-hybridized carbons (Fsp3) is 0.222. The molecule has 0 unspecified atom stereocenters. The normalized spacial score (nSPS) is 11.7. The van der Waals surface area contributed by atoms with Crippen molar-refractivity contribution in [3.05, 3.63) is 24.0 Å². The maximum absolute atomic E-state index is 13.1. The predicted octanol–water partition coefficient (Wildman–Crippen LogP) is -0.486. The van der Waals surface area contributed by atoms with Crippen LogP contribution in [0.4, 0.5) is 10.1 Å². The molecule has 0 aliphatic heterocycles. The van der Waals surface area contributed by atoms with E-state index in [1.165, 1.54) is 6.07 Å². The van der Waals surface area contributed by atoms with Crippen molar-refractivity contribution in [3.63, 3.8) is 0 Å². The van der Waals surface area contributed by atoms with Gasteiger partial charge in [-0.1, -0.05) is 6.07 Å². The van der Waals surface area contributed by atoms with E-state index in [0.29, 0.717) is 4.31 Å². The number of amides is 1. The molecule has 0 aromatic heterocycles. The smallest absolute Gasteiger partial charge is 0.245 e. The first kappa shape index (κ1) is 13.4. The van der Waals surface area contributed by atoms with Gasteiger partial charge in [0.2, 0.25) is 15.9 Å². The number of sulfonamides is 1. The molecule has 0 saturated heterocycles. The number of nitrogens with zero attached hydrogens (tertiary/aromatic N) is 1. The summed E-state index contributed by atoms with van der Waals surface area (Å²) in [5.74, 6) is -1.65. The van der Waals surface area contributed by atoms with Crippen molar-refractivity contribution in [2.75, 3.05) is 19.3 Å². The Bertz CT molecular complexity index is 544. The molecule has 0 heterocycles. The summed E-state index contributed by atoms with van der Waals surface area (Å²) < 4.78 is 37.7. The summed E-state index contributed by atoms with van der Waals surface area (Å²) in [5, 5.41) is 0. The van der Waals surface area contributed by atoms with Gasteiger partial charge in [0.15, 0.2) is 0 Å². The Morgan fingerprint density at radius 3 is 2.59 bits per heavy atom. The predicted molar refractivity (Wildman–Crippen MR) is 59.8 cm³/mol. The highest BCUT2D eigenvalue weighted by Crippen LogP contribution is 2.23. The molecule has 17 heavy (non-hydrogen) atoms. The lowest BCUT2D eigenvalue weighted by Gasteiger charge is -2.16. The average Bonchev–Trinajstić information content (AvgIpc) is 2.20. The van der Waals surface area contributed by atoms with Crippen molar-refractivity contribution >= 4 is 21.6 Å². The zero-order valence-electron chi connectivity index (χ0n) is 9.05. The number of para-hydroxylation sites is 1. The van der Waals surface area contributed by atoms with E-state index in [2.05, 4.69) is 0 Å². The Morgan fingerprint density at radius 2 is 2.06 bits per heavy atom. The molecule has 0 fully saturated rings. The van der Waals surface area contributed by atoms with Gasteiger partial charge < -0.3 is 11.5 Å². The summed E-state index contributed by atoms with van der Waals surface area (Å²) in [5.41, 5.74) is 9.74. The number of carbonyl (C=O) groups excluding carboxylic acids is 1. The molecule has 0 aliphatic rings. The number of nitrogen functional groups attached to an aromatic ring is 1. The first-order chi connectivity index (χ1) is 7.76.